The minimum atomic E-state index is 0.226. The second-order valence-electron chi connectivity index (χ2n) is 6.57. The molecule has 1 aromatic carbocycles. The monoisotopic (exact) mass is 372 g/mol. The zero-order valence-electron chi connectivity index (χ0n) is 13.3. The third-order valence-electron chi connectivity index (χ3n) is 5.01. The van der Waals surface area contributed by atoms with E-state index in [4.69, 9.17) is 4.74 Å². The molecule has 120 valence electrons. The SMILES string of the molecule is Cc1ccc(-c2ccc(O[C@@H]3C4CCN(CC4)C3Br)cn2)cc1. The van der Waals surface area contributed by atoms with Gasteiger partial charge in [0.25, 0.3) is 0 Å². The first-order chi connectivity index (χ1) is 11.2. The first kappa shape index (κ1) is 15.2. The molecule has 0 radical (unpaired) electrons. The molecule has 2 bridgehead atoms. The summed E-state index contributed by atoms with van der Waals surface area (Å²) >= 11 is 3.81. The Morgan fingerprint density at radius 3 is 2.43 bits per heavy atom. The summed E-state index contributed by atoms with van der Waals surface area (Å²) in [6, 6.07) is 12.5. The average Bonchev–Trinajstić information content (AvgIpc) is 2.60. The molecule has 3 aliphatic rings. The molecule has 3 nitrogen and oxygen atoms in total. The van der Waals surface area contributed by atoms with E-state index in [1.165, 1.54) is 31.5 Å². The maximum absolute atomic E-state index is 6.26. The van der Waals surface area contributed by atoms with Crippen LogP contribution in [0.5, 0.6) is 5.75 Å². The number of aryl methyl sites for hydroxylation is 1. The van der Waals surface area contributed by atoms with Crippen LogP contribution in [0, 0.1) is 12.8 Å². The van der Waals surface area contributed by atoms with Gasteiger partial charge in [-0.15, -0.1) is 0 Å². The van der Waals surface area contributed by atoms with Crippen molar-refractivity contribution in [2.75, 3.05) is 13.1 Å². The molecular formula is C19H21BrN2O. The summed E-state index contributed by atoms with van der Waals surface area (Å²) in [6.45, 7) is 4.47. The summed E-state index contributed by atoms with van der Waals surface area (Å²) < 4.78 is 6.26. The van der Waals surface area contributed by atoms with Crippen molar-refractivity contribution in [2.45, 2.75) is 30.8 Å². The molecule has 0 N–H and O–H groups in total. The van der Waals surface area contributed by atoms with E-state index in [0.717, 1.165) is 17.0 Å². The van der Waals surface area contributed by atoms with Crippen LogP contribution < -0.4 is 4.74 Å². The molecular weight excluding hydrogens is 352 g/mol. The lowest BCUT2D eigenvalue weighted by atomic mass is 9.86. The van der Waals surface area contributed by atoms with Crippen molar-refractivity contribution in [1.82, 2.24) is 9.88 Å². The van der Waals surface area contributed by atoms with E-state index in [0.29, 0.717) is 10.9 Å². The molecule has 4 heterocycles. The van der Waals surface area contributed by atoms with E-state index in [9.17, 15) is 0 Å². The Hall–Kier alpha value is -1.39. The largest absolute Gasteiger partial charge is 0.486 e. The van der Waals surface area contributed by atoms with E-state index in [2.05, 4.69) is 57.0 Å². The lowest BCUT2D eigenvalue weighted by Gasteiger charge is -2.48. The van der Waals surface area contributed by atoms with Crippen LogP contribution in [0.3, 0.4) is 0 Å². The Morgan fingerprint density at radius 1 is 1.09 bits per heavy atom. The number of halogens is 1. The number of piperidine rings is 3. The molecule has 4 heteroatoms. The summed E-state index contributed by atoms with van der Waals surface area (Å²) in [6.07, 6.45) is 4.56. The molecule has 2 atom stereocenters. The van der Waals surface area contributed by atoms with Gasteiger partial charge >= 0.3 is 0 Å². The zero-order chi connectivity index (χ0) is 15.8. The number of pyridine rings is 1. The smallest absolute Gasteiger partial charge is 0.138 e. The highest BCUT2D eigenvalue weighted by Gasteiger charge is 2.42. The number of ether oxygens (including phenoxy) is 1. The number of fused-ring (bicyclic) bond motifs is 3. The first-order valence-corrected chi connectivity index (χ1v) is 9.20. The molecule has 3 fully saturated rings. The fraction of sp³-hybridized carbons (Fsp3) is 0.421. The van der Waals surface area contributed by atoms with Crippen molar-refractivity contribution >= 4 is 15.9 Å². The van der Waals surface area contributed by atoms with Gasteiger partial charge in [-0.05, 0) is 45.0 Å². The molecule has 1 unspecified atom stereocenters. The number of alkyl halides is 1. The molecule has 3 aliphatic heterocycles. The van der Waals surface area contributed by atoms with Crippen LogP contribution in [0.25, 0.3) is 11.3 Å². The van der Waals surface area contributed by atoms with E-state index < -0.39 is 0 Å². The summed E-state index contributed by atoms with van der Waals surface area (Å²) in [5.74, 6) is 1.52. The maximum Gasteiger partial charge on any atom is 0.138 e. The molecule has 2 aromatic rings. The Labute approximate surface area is 145 Å². The minimum absolute atomic E-state index is 0.226. The van der Waals surface area contributed by atoms with Crippen LogP contribution in [-0.2, 0) is 0 Å². The topological polar surface area (TPSA) is 25.4 Å². The van der Waals surface area contributed by atoms with Gasteiger partial charge < -0.3 is 4.74 Å². The predicted molar refractivity (Wildman–Crippen MR) is 95.8 cm³/mol. The van der Waals surface area contributed by atoms with Gasteiger partial charge in [-0.3, -0.25) is 9.88 Å². The van der Waals surface area contributed by atoms with Crippen LogP contribution in [0.2, 0.25) is 0 Å². The Bertz CT molecular complexity index is 661. The van der Waals surface area contributed by atoms with Gasteiger partial charge in [0.2, 0.25) is 0 Å². The number of rotatable bonds is 3. The van der Waals surface area contributed by atoms with Gasteiger partial charge in [0.15, 0.2) is 0 Å². The van der Waals surface area contributed by atoms with E-state index in [1.807, 2.05) is 18.3 Å². The van der Waals surface area contributed by atoms with Crippen LogP contribution in [0.1, 0.15) is 18.4 Å². The van der Waals surface area contributed by atoms with E-state index in [1.54, 1.807) is 0 Å². The third-order valence-corrected chi connectivity index (χ3v) is 6.11. The highest BCUT2D eigenvalue weighted by Crippen LogP contribution is 2.37. The van der Waals surface area contributed by atoms with Gasteiger partial charge in [-0.1, -0.05) is 45.8 Å². The molecule has 0 aliphatic carbocycles. The molecule has 0 spiro atoms. The number of hydrogen-bond donors (Lipinski definition) is 0. The summed E-state index contributed by atoms with van der Waals surface area (Å²) in [4.78, 5) is 7.37. The van der Waals surface area contributed by atoms with Gasteiger partial charge in [0, 0.05) is 11.5 Å². The quantitative estimate of drug-likeness (QED) is 0.594. The van der Waals surface area contributed by atoms with E-state index >= 15 is 0 Å². The fourth-order valence-electron chi connectivity index (χ4n) is 3.58. The number of aromatic nitrogens is 1. The lowest BCUT2D eigenvalue weighted by Crippen LogP contribution is -2.57. The first-order valence-electron chi connectivity index (χ1n) is 8.28. The number of hydrogen-bond acceptors (Lipinski definition) is 3. The van der Waals surface area contributed by atoms with Crippen molar-refractivity contribution in [2.24, 2.45) is 5.92 Å². The van der Waals surface area contributed by atoms with Gasteiger partial charge in [0.05, 0.1) is 11.9 Å². The van der Waals surface area contributed by atoms with Crippen LogP contribution in [-0.4, -0.2) is 34.0 Å². The van der Waals surface area contributed by atoms with Crippen LogP contribution in [0.4, 0.5) is 0 Å². The molecule has 3 saturated heterocycles. The Balaban J connectivity index is 1.49. The fourth-order valence-corrected chi connectivity index (χ4v) is 4.53. The normalized spacial score (nSPS) is 29.5. The van der Waals surface area contributed by atoms with Gasteiger partial charge in [0.1, 0.15) is 16.8 Å². The Morgan fingerprint density at radius 2 is 1.83 bits per heavy atom. The highest BCUT2D eigenvalue weighted by atomic mass is 79.9. The summed E-state index contributed by atoms with van der Waals surface area (Å²) in [5.41, 5.74) is 3.39. The zero-order valence-corrected chi connectivity index (χ0v) is 14.9. The minimum Gasteiger partial charge on any atom is -0.486 e. The average molecular weight is 373 g/mol. The summed E-state index contributed by atoms with van der Waals surface area (Å²) in [7, 11) is 0. The van der Waals surface area contributed by atoms with Gasteiger partial charge in [-0.25, -0.2) is 0 Å². The van der Waals surface area contributed by atoms with Crippen molar-refractivity contribution in [3.8, 4) is 17.0 Å². The third kappa shape index (κ3) is 3.02. The Kier molecular flexibility index (Phi) is 4.12. The molecule has 1 aromatic heterocycles. The van der Waals surface area contributed by atoms with Crippen molar-refractivity contribution in [1.29, 1.82) is 0 Å². The van der Waals surface area contributed by atoms with Crippen molar-refractivity contribution in [3.05, 3.63) is 48.2 Å². The predicted octanol–water partition coefficient (Wildman–Crippen LogP) is 4.25. The molecule has 23 heavy (non-hydrogen) atoms. The standard InChI is InChI=1S/C19H21BrN2O/c1-13-2-4-14(5-3-13)17-7-6-16(12-21-17)23-18-15-8-10-22(11-9-15)19(18)20/h2-7,12,15,18-19H,8-11H2,1H3/t18-,19?/m1/s1. The number of nitrogens with zero attached hydrogens (tertiary/aromatic N) is 2. The van der Waals surface area contributed by atoms with Crippen LogP contribution in [0.15, 0.2) is 42.6 Å². The second-order valence-corrected chi connectivity index (χ2v) is 7.51. The maximum atomic E-state index is 6.26. The van der Waals surface area contributed by atoms with Crippen molar-refractivity contribution < 1.29 is 4.74 Å². The van der Waals surface area contributed by atoms with Gasteiger partial charge in [-0.2, -0.15) is 0 Å². The lowest BCUT2D eigenvalue weighted by molar-refractivity contribution is -0.0203. The van der Waals surface area contributed by atoms with Crippen LogP contribution >= 0.6 is 15.9 Å². The molecule has 0 saturated carbocycles. The second kappa shape index (κ2) is 6.25. The molecule has 0 amide bonds. The van der Waals surface area contributed by atoms with Crippen molar-refractivity contribution in [3.63, 3.8) is 0 Å². The summed E-state index contributed by atoms with van der Waals surface area (Å²) in [5, 5.41) is 0. The number of benzene rings is 1. The van der Waals surface area contributed by atoms with E-state index in [-0.39, 0.29) is 6.10 Å². The highest BCUT2D eigenvalue weighted by molar-refractivity contribution is 9.09. The molecule has 5 rings (SSSR count).